The standard InChI is InChI=1S/C17H13FO2S/c1-10-3-5-14(20-2)13(7-10)17(19)16-9-11-8-12(18)4-6-15(11)21-16/h3-9H,1-2H3. The molecule has 0 bridgehead atoms. The van der Waals surface area contributed by atoms with Gasteiger partial charge in [0.2, 0.25) is 5.78 Å². The summed E-state index contributed by atoms with van der Waals surface area (Å²) >= 11 is 1.36. The summed E-state index contributed by atoms with van der Waals surface area (Å²) in [7, 11) is 1.54. The average Bonchev–Trinajstić information content (AvgIpc) is 2.89. The molecule has 0 spiro atoms. The first-order valence-corrected chi connectivity index (χ1v) is 7.28. The molecule has 0 saturated carbocycles. The Labute approximate surface area is 125 Å². The molecule has 2 aromatic carbocycles. The molecule has 21 heavy (non-hydrogen) atoms. The van der Waals surface area contributed by atoms with E-state index in [1.54, 1.807) is 25.3 Å². The zero-order valence-electron chi connectivity index (χ0n) is 11.6. The van der Waals surface area contributed by atoms with Gasteiger partial charge in [-0.2, -0.15) is 0 Å². The molecule has 0 aliphatic heterocycles. The van der Waals surface area contributed by atoms with Gasteiger partial charge in [0, 0.05) is 4.70 Å². The number of fused-ring (bicyclic) bond motifs is 1. The Kier molecular flexibility index (Phi) is 3.47. The lowest BCUT2D eigenvalue weighted by Crippen LogP contribution is -2.02. The quantitative estimate of drug-likeness (QED) is 0.661. The number of rotatable bonds is 3. The third-order valence-corrected chi connectivity index (χ3v) is 4.42. The Morgan fingerprint density at radius 1 is 1.14 bits per heavy atom. The largest absolute Gasteiger partial charge is 0.496 e. The van der Waals surface area contributed by atoms with E-state index >= 15 is 0 Å². The van der Waals surface area contributed by atoms with Crippen LogP contribution in [-0.4, -0.2) is 12.9 Å². The van der Waals surface area contributed by atoms with Gasteiger partial charge in [0.1, 0.15) is 11.6 Å². The van der Waals surface area contributed by atoms with Crippen molar-refractivity contribution in [2.24, 2.45) is 0 Å². The van der Waals surface area contributed by atoms with Crippen molar-refractivity contribution in [3.8, 4) is 5.75 Å². The molecule has 0 atom stereocenters. The summed E-state index contributed by atoms with van der Waals surface area (Å²) in [6, 6.07) is 11.8. The minimum atomic E-state index is -0.299. The van der Waals surface area contributed by atoms with Gasteiger partial charge in [-0.1, -0.05) is 11.6 Å². The van der Waals surface area contributed by atoms with Crippen LogP contribution in [-0.2, 0) is 0 Å². The van der Waals surface area contributed by atoms with Crippen LogP contribution in [0.15, 0.2) is 42.5 Å². The third-order valence-electron chi connectivity index (χ3n) is 3.30. The number of ketones is 1. The second-order valence-corrected chi connectivity index (χ2v) is 5.91. The van der Waals surface area contributed by atoms with Crippen molar-refractivity contribution in [2.45, 2.75) is 6.92 Å². The van der Waals surface area contributed by atoms with E-state index in [1.165, 1.54) is 23.5 Å². The number of thiophene rings is 1. The number of aryl methyl sites for hydroxylation is 1. The van der Waals surface area contributed by atoms with E-state index in [0.717, 1.165) is 15.6 Å². The molecular formula is C17H13FO2S. The SMILES string of the molecule is COc1ccc(C)cc1C(=O)c1cc2cc(F)ccc2s1. The van der Waals surface area contributed by atoms with Gasteiger partial charge in [-0.3, -0.25) is 4.79 Å². The molecule has 3 rings (SSSR count). The minimum Gasteiger partial charge on any atom is -0.496 e. The van der Waals surface area contributed by atoms with E-state index in [9.17, 15) is 9.18 Å². The molecule has 4 heteroatoms. The van der Waals surface area contributed by atoms with Crippen LogP contribution in [0, 0.1) is 12.7 Å². The highest BCUT2D eigenvalue weighted by atomic mass is 32.1. The molecule has 0 aliphatic rings. The molecular weight excluding hydrogens is 287 g/mol. The second-order valence-electron chi connectivity index (χ2n) is 4.83. The van der Waals surface area contributed by atoms with Gasteiger partial charge in [-0.15, -0.1) is 11.3 Å². The molecule has 0 fully saturated rings. The number of benzene rings is 2. The highest BCUT2D eigenvalue weighted by Gasteiger charge is 2.17. The van der Waals surface area contributed by atoms with Crippen LogP contribution in [0.25, 0.3) is 10.1 Å². The zero-order valence-corrected chi connectivity index (χ0v) is 12.5. The molecule has 0 amide bonds. The van der Waals surface area contributed by atoms with Gasteiger partial charge < -0.3 is 4.74 Å². The number of halogens is 1. The predicted molar refractivity (Wildman–Crippen MR) is 82.9 cm³/mol. The maximum Gasteiger partial charge on any atom is 0.206 e. The van der Waals surface area contributed by atoms with E-state index in [4.69, 9.17) is 4.74 Å². The maximum absolute atomic E-state index is 13.2. The first-order valence-electron chi connectivity index (χ1n) is 6.47. The first kappa shape index (κ1) is 13.8. The summed E-state index contributed by atoms with van der Waals surface area (Å²) in [5, 5.41) is 0.745. The molecule has 0 aliphatic carbocycles. The van der Waals surface area contributed by atoms with Crippen LogP contribution < -0.4 is 4.74 Å². The van der Waals surface area contributed by atoms with E-state index < -0.39 is 0 Å². The summed E-state index contributed by atoms with van der Waals surface area (Å²) in [5.74, 6) is 0.152. The van der Waals surface area contributed by atoms with E-state index in [2.05, 4.69) is 0 Å². The molecule has 3 aromatic rings. The van der Waals surface area contributed by atoms with Crippen molar-refractivity contribution in [3.63, 3.8) is 0 Å². The van der Waals surface area contributed by atoms with Crippen LogP contribution in [0.1, 0.15) is 20.8 Å². The second kappa shape index (κ2) is 5.30. The molecule has 1 heterocycles. The van der Waals surface area contributed by atoms with Crippen molar-refractivity contribution in [2.75, 3.05) is 7.11 Å². The van der Waals surface area contributed by atoms with Crippen molar-refractivity contribution in [1.29, 1.82) is 0 Å². The number of methoxy groups -OCH3 is 1. The van der Waals surface area contributed by atoms with Crippen molar-refractivity contribution in [1.82, 2.24) is 0 Å². The van der Waals surface area contributed by atoms with Gasteiger partial charge in [-0.25, -0.2) is 4.39 Å². The van der Waals surface area contributed by atoms with Gasteiger partial charge >= 0.3 is 0 Å². The van der Waals surface area contributed by atoms with Crippen molar-refractivity contribution >= 4 is 27.2 Å². The van der Waals surface area contributed by atoms with E-state index in [1.807, 2.05) is 19.1 Å². The normalized spacial score (nSPS) is 10.8. The molecule has 2 nitrogen and oxygen atoms in total. The van der Waals surface area contributed by atoms with Gasteiger partial charge in [0.05, 0.1) is 17.6 Å². The van der Waals surface area contributed by atoms with Crippen LogP contribution in [0.5, 0.6) is 5.75 Å². The number of hydrogen-bond donors (Lipinski definition) is 0. The number of carbonyl (C=O) groups is 1. The summed E-state index contributed by atoms with van der Waals surface area (Å²) in [4.78, 5) is 13.3. The summed E-state index contributed by atoms with van der Waals surface area (Å²) in [6.07, 6.45) is 0. The Morgan fingerprint density at radius 3 is 2.71 bits per heavy atom. The predicted octanol–water partition coefficient (Wildman–Crippen LogP) is 4.59. The summed E-state index contributed by atoms with van der Waals surface area (Å²) < 4.78 is 19.4. The Morgan fingerprint density at radius 2 is 1.95 bits per heavy atom. The third kappa shape index (κ3) is 2.54. The fraction of sp³-hybridized carbons (Fsp3) is 0.118. The first-order chi connectivity index (χ1) is 10.1. The molecule has 106 valence electrons. The fourth-order valence-electron chi connectivity index (χ4n) is 2.26. The molecule has 0 saturated heterocycles. The molecule has 0 N–H and O–H groups in total. The molecule has 0 unspecified atom stereocenters. The maximum atomic E-state index is 13.2. The Balaban J connectivity index is 2.10. The number of ether oxygens (including phenoxy) is 1. The van der Waals surface area contributed by atoms with Gasteiger partial charge in [-0.05, 0) is 48.7 Å². The van der Waals surface area contributed by atoms with Crippen LogP contribution >= 0.6 is 11.3 Å². The van der Waals surface area contributed by atoms with E-state index in [0.29, 0.717) is 16.2 Å². The molecule has 1 aromatic heterocycles. The van der Waals surface area contributed by atoms with Crippen LogP contribution in [0.4, 0.5) is 4.39 Å². The average molecular weight is 300 g/mol. The Hall–Kier alpha value is -2.20. The fourth-order valence-corrected chi connectivity index (χ4v) is 3.26. The van der Waals surface area contributed by atoms with E-state index in [-0.39, 0.29) is 11.6 Å². The minimum absolute atomic E-state index is 0.0999. The molecule has 0 radical (unpaired) electrons. The number of carbonyl (C=O) groups excluding carboxylic acids is 1. The summed E-state index contributed by atoms with van der Waals surface area (Å²) in [6.45, 7) is 1.93. The van der Waals surface area contributed by atoms with Crippen molar-refractivity contribution in [3.05, 3.63) is 64.3 Å². The smallest absolute Gasteiger partial charge is 0.206 e. The topological polar surface area (TPSA) is 26.3 Å². The lowest BCUT2D eigenvalue weighted by Gasteiger charge is -2.07. The van der Waals surface area contributed by atoms with Crippen LogP contribution in [0.2, 0.25) is 0 Å². The zero-order chi connectivity index (χ0) is 15.0. The summed E-state index contributed by atoms with van der Waals surface area (Å²) in [5.41, 5.74) is 1.52. The highest BCUT2D eigenvalue weighted by molar-refractivity contribution is 7.21. The lowest BCUT2D eigenvalue weighted by atomic mass is 10.1. The van der Waals surface area contributed by atoms with Crippen molar-refractivity contribution < 1.29 is 13.9 Å². The lowest BCUT2D eigenvalue weighted by molar-refractivity contribution is 0.103. The highest BCUT2D eigenvalue weighted by Crippen LogP contribution is 2.30. The monoisotopic (exact) mass is 300 g/mol. The number of hydrogen-bond acceptors (Lipinski definition) is 3. The van der Waals surface area contributed by atoms with Gasteiger partial charge in [0.25, 0.3) is 0 Å². The van der Waals surface area contributed by atoms with Gasteiger partial charge in [0.15, 0.2) is 0 Å². The Bertz CT molecular complexity index is 836. The van der Waals surface area contributed by atoms with Crippen LogP contribution in [0.3, 0.4) is 0 Å².